The van der Waals surface area contributed by atoms with Crippen LogP contribution in [0.3, 0.4) is 0 Å². The molecular formula is C23H28N8O. The Morgan fingerprint density at radius 3 is 2.47 bits per heavy atom. The van der Waals surface area contributed by atoms with Crippen molar-refractivity contribution in [3.8, 4) is 22.8 Å². The fourth-order valence-corrected chi connectivity index (χ4v) is 5.00. The molecule has 0 aromatic carbocycles. The van der Waals surface area contributed by atoms with E-state index in [1.165, 1.54) is 4.80 Å². The van der Waals surface area contributed by atoms with Crippen molar-refractivity contribution in [2.24, 2.45) is 0 Å². The molecule has 0 atom stereocenters. The molecule has 1 saturated heterocycles. The highest BCUT2D eigenvalue weighted by Crippen LogP contribution is 2.38. The maximum absolute atomic E-state index is 5.59. The largest absolute Gasteiger partial charge is 0.494 e. The summed E-state index contributed by atoms with van der Waals surface area (Å²) < 4.78 is 7.52. The molecule has 0 aliphatic carbocycles. The number of hydrogen-bond donors (Lipinski definition) is 1. The Morgan fingerprint density at radius 1 is 1.06 bits per heavy atom. The van der Waals surface area contributed by atoms with E-state index in [9.17, 15) is 0 Å². The second kappa shape index (κ2) is 7.37. The van der Waals surface area contributed by atoms with Crippen LogP contribution >= 0.6 is 0 Å². The van der Waals surface area contributed by atoms with E-state index in [1.807, 2.05) is 22.9 Å². The Labute approximate surface area is 186 Å². The highest BCUT2D eigenvalue weighted by atomic mass is 16.5. The summed E-state index contributed by atoms with van der Waals surface area (Å²) in [6, 6.07) is 3.96. The van der Waals surface area contributed by atoms with Gasteiger partial charge in [0.2, 0.25) is 5.78 Å². The molecule has 4 aromatic rings. The van der Waals surface area contributed by atoms with Gasteiger partial charge in [-0.25, -0.2) is 15.0 Å². The highest BCUT2D eigenvalue weighted by Gasteiger charge is 2.38. The number of hydrogen-bond acceptors (Lipinski definition) is 7. The molecule has 0 spiro atoms. The van der Waals surface area contributed by atoms with Gasteiger partial charge in [-0.15, -0.1) is 4.80 Å². The standard InChI is InChI=1S/C23H28N8O/c1-22(2)11-15(12-23(3,4)29-22)17-6-9-30-14-18(28-21(30)27-17)20-19(32-5)10-16(13-24-20)31-25-7-8-26-31/h6-10,13-15,29H,11-12H2,1-5H3. The first kappa shape index (κ1) is 20.6. The predicted octanol–water partition coefficient (Wildman–Crippen LogP) is 3.40. The van der Waals surface area contributed by atoms with Crippen LogP contribution in [-0.2, 0) is 0 Å². The van der Waals surface area contributed by atoms with Gasteiger partial charge in [0.05, 0.1) is 25.7 Å². The first-order valence-electron chi connectivity index (χ1n) is 10.8. The number of nitrogens with zero attached hydrogens (tertiary/aromatic N) is 7. The van der Waals surface area contributed by atoms with Crippen molar-refractivity contribution >= 4 is 5.78 Å². The molecule has 0 saturated carbocycles. The summed E-state index contributed by atoms with van der Waals surface area (Å²) in [5, 5.41) is 12.0. The Kier molecular flexibility index (Phi) is 4.74. The summed E-state index contributed by atoms with van der Waals surface area (Å²) >= 11 is 0. The van der Waals surface area contributed by atoms with E-state index >= 15 is 0 Å². The number of fused-ring (bicyclic) bond motifs is 1. The lowest BCUT2D eigenvalue weighted by molar-refractivity contribution is 0.160. The minimum absolute atomic E-state index is 0.0588. The molecule has 9 heteroatoms. The SMILES string of the molecule is COc1cc(-n2nccn2)cnc1-c1cn2ccc(C3CC(C)(C)NC(C)(C)C3)nc2n1. The lowest BCUT2D eigenvalue weighted by Crippen LogP contribution is -2.57. The molecule has 1 aliphatic rings. The lowest BCUT2D eigenvalue weighted by atomic mass is 9.74. The summed E-state index contributed by atoms with van der Waals surface area (Å²) in [7, 11) is 1.62. The summed E-state index contributed by atoms with van der Waals surface area (Å²) in [5.41, 5.74) is 3.28. The first-order valence-corrected chi connectivity index (χ1v) is 10.8. The van der Waals surface area contributed by atoms with Gasteiger partial charge in [-0.1, -0.05) is 0 Å². The number of rotatable bonds is 4. The van der Waals surface area contributed by atoms with Crippen LogP contribution < -0.4 is 10.1 Å². The van der Waals surface area contributed by atoms with Crippen LogP contribution in [0, 0.1) is 0 Å². The van der Waals surface area contributed by atoms with E-state index in [-0.39, 0.29) is 11.1 Å². The number of methoxy groups -OCH3 is 1. The highest BCUT2D eigenvalue weighted by molar-refractivity contribution is 5.65. The minimum Gasteiger partial charge on any atom is -0.494 e. The molecule has 9 nitrogen and oxygen atoms in total. The molecule has 0 bridgehead atoms. The Morgan fingerprint density at radius 2 is 1.78 bits per heavy atom. The van der Waals surface area contributed by atoms with Gasteiger partial charge in [-0.05, 0) is 46.6 Å². The maximum atomic E-state index is 5.59. The normalized spacial score (nSPS) is 18.2. The second-order valence-electron chi connectivity index (χ2n) is 9.75. The van der Waals surface area contributed by atoms with Gasteiger partial charge in [0.25, 0.3) is 0 Å². The monoisotopic (exact) mass is 432 g/mol. The molecule has 5 rings (SSSR count). The summed E-state index contributed by atoms with van der Waals surface area (Å²) in [4.78, 5) is 15.8. The van der Waals surface area contributed by atoms with Crippen LogP contribution in [0.5, 0.6) is 5.75 Å². The van der Waals surface area contributed by atoms with Crippen molar-refractivity contribution in [3.05, 3.63) is 48.8 Å². The lowest BCUT2D eigenvalue weighted by Gasteiger charge is -2.46. The number of aromatic nitrogens is 7. The molecule has 4 aromatic heterocycles. The third kappa shape index (κ3) is 3.84. The van der Waals surface area contributed by atoms with E-state index in [2.05, 4.69) is 54.3 Å². The maximum Gasteiger partial charge on any atom is 0.234 e. The molecule has 0 radical (unpaired) electrons. The van der Waals surface area contributed by atoms with Crippen LogP contribution in [0.15, 0.2) is 43.1 Å². The van der Waals surface area contributed by atoms with E-state index < -0.39 is 0 Å². The summed E-state index contributed by atoms with van der Waals surface area (Å²) in [6.45, 7) is 9.03. The van der Waals surface area contributed by atoms with Crippen molar-refractivity contribution in [3.63, 3.8) is 0 Å². The van der Waals surface area contributed by atoms with E-state index in [0.29, 0.717) is 28.8 Å². The zero-order chi connectivity index (χ0) is 22.5. The average Bonchev–Trinajstić information content (AvgIpc) is 3.40. The molecule has 5 heterocycles. The molecular weight excluding hydrogens is 404 g/mol. The van der Waals surface area contributed by atoms with Crippen LogP contribution in [0.25, 0.3) is 22.9 Å². The zero-order valence-corrected chi connectivity index (χ0v) is 19.1. The molecule has 1 N–H and O–H groups in total. The van der Waals surface area contributed by atoms with Gasteiger partial charge in [0, 0.05) is 41.1 Å². The predicted molar refractivity (Wildman–Crippen MR) is 121 cm³/mol. The van der Waals surface area contributed by atoms with Crippen LogP contribution in [-0.4, -0.2) is 52.5 Å². The summed E-state index contributed by atoms with van der Waals surface area (Å²) in [5.74, 6) is 1.64. The van der Waals surface area contributed by atoms with E-state index in [1.54, 1.807) is 25.7 Å². The average molecular weight is 433 g/mol. The number of nitrogens with one attached hydrogen (secondary N) is 1. The fourth-order valence-electron chi connectivity index (χ4n) is 5.00. The minimum atomic E-state index is 0.0588. The number of ether oxygens (including phenoxy) is 1. The van der Waals surface area contributed by atoms with E-state index in [0.717, 1.165) is 24.2 Å². The summed E-state index contributed by atoms with van der Waals surface area (Å²) in [6.07, 6.45) is 11.0. The Balaban J connectivity index is 1.50. The topological polar surface area (TPSA) is 95.0 Å². The van der Waals surface area contributed by atoms with Gasteiger partial charge >= 0.3 is 0 Å². The van der Waals surface area contributed by atoms with Crippen molar-refractivity contribution < 1.29 is 4.74 Å². The Hall–Kier alpha value is -3.33. The number of piperidine rings is 1. The molecule has 166 valence electrons. The smallest absolute Gasteiger partial charge is 0.234 e. The van der Waals surface area contributed by atoms with Crippen molar-refractivity contribution in [2.75, 3.05) is 7.11 Å². The molecule has 32 heavy (non-hydrogen) atoms. The fraction of sp³-hybridized carbons (Fsp3) is 0.435. The number of pyridine rings is 1. The van der Waals surface area contributed by atoms with Gasteiger partial charge in [0.1, 0.15) is 22.8 Å². The second-order valence-corrected chi connectivity index (χ2v) is 9.75. The van der Waals surface area contributed by atoms with Crippen LogP contribution in [0.4, 0.5) is 0 Å². The molecule has 0 amide bonds. The zero-order valence-electron chi connectivity index (χ0n) is 19.1. The van der Waals surface area contributed by atoms with Gasteiger partial charge in [0.15, 0.2) is 0 Å². The molecule has 1 fully saturated rings. The van der Waals surface area contributed by atoms with Gasteiger partial charge < -0.3 is 10.1 Å². The van der Waals surface area contributed by atoms with Crippen molar-refractivity contribution in [2.45, 2.75) is 57.5 Å². The van der Waals surface area contributed by atoms with Crippen LogP contribution in [0.2, 0.25) is 0 Å². The van der Waals surface area contributed by atoms with Gasteiger partial charge in [-0.3, -0.25) is 4.40 Å². The number of imidazole rings is 1. The quantitative estimate of drug-likeness (QED) is 0.528. The van der Waals surface area contributed by atoms with Gasteiger partial charge in [-0.2, -0.15) is 10.2 Å². The Bertz CT molecular complexity index is 1240. The van der Waals surface area contributed by atoms with Crippen molar-refractivity contribution in [1.29, 1.82) is 0 Å². The first-order chi connectivity index (χ1) is 15.2. The van der Waals surface area contributed by atoms with Crippen molar-refractivity contribution in [1.82, 2.24) is 39.7 Å². The van der Waals surface area contributed by atoms with Crippen LogP contribution in [0.1, 0.15) is 52.1 Å². The third-order valence-electron chi connectivity index (χ3n) is 5.91. The molecule has 0 unspecified atom stereocenters. The van der Waals surface area contributed by atoms with E-state index in [4.69, 9.17) is 14.7 Å². The molecule has 1 aliphatic heterocycles. The third-order valence-corrected chi connectivity index (χ3v) is 5.91.